The van der Waals surface area contributed by atoms with E-state index in [0.29, 0.717) is 13.0 Å². The molecule has 0 fully saturated rings. The molecular formula is C12H22N4O. The topological polar surface area (TPSA) is 70.1 Å². The van der Waals surface area contributed by atoms with Crippen LogP contribution in [0.25, 0.3) is 0 Å². The number of nitrogens with one attached hydrogen (secondary N) is 2. The quantitative estimate of drug-likeness (QED) is 0.674. The molecule has 1 rings (SSSR count). The van der Waals surface area contributed by atoms with Gasteiger partial charge < -0.3 is 15.7 Å². The zero-order chi connectivity index (χ0) is 12.7. The van der Waals surface area contributed by atoms with Crippen LogP contribution in [0.3, 0.4) is 0 Å². The number of hydrogen-bond donors (Lipinski definition) is 3. The molecule has 17 heavy (non-hydrogen) atoms. The fraction of sp³-hybridized carbons (Fsp3) is 0.667. The molecule has 0 saturated heterocycles. The van der Waals surface area contributed by atoms with Crippen LogP contribution < -0.4 is 10.6 Å². The predicted octanol–water partition coefficient (Wildman–Crippen LogP) is 1.65. The van der Waals surface area contributed by atoms with Crippen LogP contribution in [0.1, 0.15) is 32.8 Å². The summed E-state index contributed by atoms with van der Waals surface area (Å²) in [5.74, 6) is 1.75. The summed E-state index contributed by atoms with van der Waals surface area (Å²) in [6.07, 6.45) is 2.86. The number of aliphatic hydroxyl groups is 1. The first kappa shape index (κ1) is 13.7. The monoisotopic (exact) mass is 238 g/mol. The molecule has 96 valence electrons. The number of nitrogens with zero attached hydrogens (tertiary/aromatic N) is 2. The molecule has 0 bridgehead atoms. The minimum absolute atomic E-state index is 0.289. The van der Waals surface area contributed by atoms with Gasteiger partial charge in [-0.2, -0.15) is 0 Å². The number of rotatable bonds is 7. The summed E-state index contributed by atoms with van der Waals surface area (Å²) in [6, 6.07) is 0. The third-order valence-corrected chi connectivity index (χ3v) is 2.50. The van der Waals surface area contributed by atoms with Gasteiger partial charge in [0.15, 0.2) is 0 Å². The number of anilines is 2. The Bertz CT molecular complexity index is 341. The fourth-order valence-electron chi connectivity index (χ4n) is 1.62. The Morgan fingerprint density at radius 2 is 1.88 bits per heavy atom. The average molecular weight is 238 g/mol. The van der Waals surface area contributed by atoms with E-state index in [-0.39, 0.29) is 6.10 Å². The second-order valence-electron chi connectivity index (χ2n) is 4.00. The van der Waals surface area contributed by atoms with Crippen molar-refractivity contribution in [3.63, 3.8) is 0 Å². The van der Waals surface area contributed by atoms with Crippen LogP contribution in [0.15, 0.2) is 6.33 Å². The number of hydrogen-bond acceptors (Lipinski definition) is 5. The van der Waals surface area contributed by atoms with Gasteiger partial charge in [-0.05, 0) is 26.7 Å². The van der Waals surface area contributed by atoms with Gasteiger partial charge in [0.05, 0.1) is 6.10 Å². The summed E-state index contributed by atoms with van der Waals surface area (Å²) < 4.78 is 0. The molecule has 0 aliphatic carbocycles. The largest absolute Gasteiger partial charge is 0.393 e. The normalized spacial score (nSPS) is 12.2. The average Bonchev–Trinajstić information content (AvgIpc) is 2.29. The molecule has 0 amide bonds. The molecule has 0 spiro atoms. The van der Waals surface area contributed by atoms with Gasteiger partial charge in [-0.15, -0.1) is 0 Å². The molecule has 0 aromatic carbocycles. The van der Waals surface area contributed by atoms with E-state index < -0.39 is 0 Å². The zero-order valence-electron chi connectivity index (χ0n) is 10.8. The third-order valence-electron chi connectivity index (χ3n) is 2.50. The highest BCUT2D eigenvalue weighted by Gasteiger charge is 2.08. The second kappa shape index (κ2) is 7.06. The van der Waals surface area contributed by atoms with Crippen molar-refractivity contribution in [3.8, 4) is 0 Å². The van der Waals surface area contributed by atoms with Crippen molar-refractivity contribution >= 4 is 11.6 Å². The minimum atomic E-state index is -0.289. The first-order valence-corrected chi connectivity index (χ1v) is 6.18. The maximum Gasteiger partial charge on any atom is 0.134 e. The van der Waals surface area contributed by atoms with Crippen molar-refractivity contribution in [1.29, 1.82) is 0 Å². The van der Waals surface area contributed by atoms with Crippen LogP contribution in [0.5, 0.6) is 0 Å². The Labute approximate surface area is 103 Å². The van der Waals surface area contributed by atoms with Crippen LogP contribution in [0, 0.1) is 0 Å². The van der Waals surface area contributed by atoms with Crippen LogP contribution in [-0.2, 0) is 6.42 Å². The summed E-state index contributed by atoms with van der Waals surface area (Å²) in [7, 11) is 0. The van der Waals surface area contributed by atoms with Crippen molar-refractivity contribution in [3.05, 3.63) is 11.9 Å². The molecule has 1 heterocycles. The van der Waals surface area contributed by atoms with Crippen molar-refractivity contribution in [1.82, 2.24) is 9.97 Å². The molecule has 1 aromatic rings. The summed E-state index contributed by atoms with van der Waals surface area (Å²) in [6.45, 7) is 7.47. The van der Waals surface area contributed by atoms with E-state index in [1.54, 1.807) is 13.3 Å². The van der Waals surface area contributed by atoms with Crippen molar-refractivity contribution in [2.75, 3.05) is 23.7 Å². The fourth-order valence-corrected chi connectivity index (χ4v) is 1.62. The summed E-state index contributed by atoms with van der Waals surface area (Å²) in [4.78, 5) is 8.48. The van der Waals surface area contributed by atoms with Crippen molar-refractivity contribution in [2.24, 2.45) is 0 Å². The molecule has 3 N–H and O–H groups in total. The highest BCUT2D eigenvalue weighted by atomic mass is 16.3. The molecule has 1 unspecified atom stereocenters. The van der Waals surface area contributed by atoms with E-state index in [1.165, 1.54) is 0 Å². The highest BCUT2D eigenvalue weighted by Crippen LogP contribution is 2.20. The standard InChI is InChI=1S/C12H22N4O/c1-4-10-11(13-5-2)15-8-16-12(10)14-7-6-9(3)17/h8-9,17H,4-7H2,1-3H3,(H2,13,14,15,16). The molecule has 0 aliphatic rings. The lowest BCUT2D eigenvalue weighted by atomic mass is 10.2. The Hall–Kier alpha value is -1.36. The van der Waals surface area contributed by atoms with Crippen molar-refractivity contribution in [2.45, 2.75) is 39.7 Å². The molecule has 1 aromatic heterocycles. The lowest BCUT2D eigenvalue weighted by Crippen LogP contribution is -2.13. The molecule has 0 radical (unpaired) electrons. The van der Waals surface area contributed by atoms with E-state index in [0.717, 1.165) is 30.2 Å². The molecule has 0 aliphatic heterocycles. The molecule has 5 heteroatoms. The maximum atomic E-state index is 9.21. The van der Waals surface area contributed by atoms with Gasteiger partial charge in [0.1, 0.15) is 18.0 Å². The highest BCUT2D eigenvalue weighted by molar-refractivity contribution is 5.57. The van der Waals surface area contributed by atoms with Gasteiger partial charge >= 0.3 is 0 Å². The second-order valence-corrected chi connectivity index (χ2v) is 4.00. The van der Waals surface area contributed by atoms with Crippen LogP contribution in [0.4, 0.5) is 11.6 Å². The van der Waals surface area contributed by atoms with Gasteiger partial charge in [-0.1, -0.05) is 6.92 Å². The van der Waals surface area contributed by atoms with Gasteiger partial charge in [-0.25, -0.2) is 9.97 Å². The summed E-state index contributed by atoms with van der Waals surface area (Å²) in [5.41, 5.74) is 1.10. The number of aliphatic hydroxyl groups excluding tert-OH is 1. The van der Waals surface area contributed by atoms with Crippen LogP contribution in [-0.4, -0.2) is 34.3 Å². The maximum absolute atomic E-state index is 9.21. The lowest BCUT2D eigenvalue weighted by Gasteiger charge is -2.14. The first-order valence-electron chi connectivity index (χ1n) is 6.18. The Morgan fingerprint density at radius 3 is 2.41 bits per heavy atom. The van der Waals surface area contributed by atoms with E-state index in [2.05, 4.69) is 27.5 Å². The molecule has 5 nitrogen and oxygen atoms in total. The van der Waals surface area contributed by atoms with Gasteiger partial charge in [-0.3, -0.25) is 0 Å². The molecule has 1 atom stereocenters. The minimum Gasteiger partial charge on any atom is -0.393 e. The Balaban J connectivity index is 2.73. The van der Waals surface area contributed by atoms with Crippen LogP contribution >= 0.6 is 0 Å². The van der Waals surface area contributed by atoms with E-state index in [1.807, 2.05) is 6.92 Å². The third kappa shape index (κ3) is 4.19. The number of aromatic nitrogens is 2. The van der Waals surface area contributed by atoms with Crippen LogP contribution in [0.2, 0.25) is 0 Å². The summed E-state index contributed by atoms with van der Waals surface area (Å²) in [5, 5.41) is 15.7. The first-order chi connectivity index (χ1) is 8.19. The summed E-state index contributed by atoms with van der Waals surface area (Å²) >= 11 is 0. The van der Waals surface area contributed by atoms with Crippen molar-refractivity contribution < 1.29 is 5.11 Å². The Kier molecular flexibility index (Phi) is 5.69. The van der Waals surface area contributed by atoms with E-state index >= 15 is 0 Å². The smallest absolute Gasteiger partial charge is 0.134 e. The predicted molar refractivity (Wildman–Crippen MR) is 70.4 cm³/mol. The van der Waals surface area contributed by atoms with E-state index in [9.17, 15) is 5.11 Å². The van der Waals surface area contributed by atoms with Gasteiger partial charge in [0.25, 0.3) is 0 Å². The van der Waals surface area contributed by atoms with Gasteiger partial charge in [0, 0.05) is 18.7 Å². The molecular weight excluding hydrogens is 216 g/mol. The Morgan fingerprint density at radius 1 is 1.24 bits per heavy atom. The van der Waals surface area contributed by atoms with Gasteiger partial charge in [0.2, 0.25) is 0 Å². The molecule has 0 saturated carbocycles. The lowest BCUT2D eigenvalue weighted by molar-refractivity contribution is 0.188. The van der Waals surface area contributed by atoms with E-state index in [4.69, 9.17) is 0 Å². The zero-order valence-corrected chi connectivity index (χ0v) is 10.8. The SMILES string of the molecule is CCNc1ncnc(NCCC(C)O)c1CC.